The smallest absolute Gasteiger partial charge is 0.270 e. The molecule has 29 heavy (non-hydrogen) atoms. The number of rotatable bonds is 5. The molecule has 4 aromatic rings. The normalized spacial score (nSPS) is 11.0. The van der Waals surface area contributed by atoms with Crippen molar-refractivity contribution in [3.63, 3.8) is 0 Å². The summed E-state index contributed by atoms with van der Waals surface area (Å²) >= 11 is 6.10. The molecular weight excluding hydrogens is 398 g/mol. The minimum absolute atomic E-state index is 0.00660. The van der Waals surface area contributed by atoms with Gasteiger partial charge in [-0.25, -0.2) is 4.99 Å². The van der Waals surface area contributed by atoms with Gasteiger partial charge in [0.15, 0.2) is 11.5 Å². The summed E-state index contributed by atoms with van der Waals surface area (Å²) in [6, 6.07) is 12.8. The molecule has 0 amide bonds. The van der Waals surface area contributed by atoms with Crippen molar-refractivity contribution in [3.8, 4) is 28.9 Å². The van der Waals surface area contributed by atoms with E-state index in [1.54, 1.807) is 24.3 Å². The van der Waals surface area contributed by atoms with Crippen LogP contribution in [0, 0.1) is 21.4 Å². The summed E-state index contributed by atoms with van der Waals surface area (Å²) in [5.41, 5.74) is 0.692. The van der Waals surface area contributed by atoms with Crippen molar-refractivity contribution in [2.24, 2.45) is 4.99 Å². The van der Waals surface area contributed by atoms with Crippen LogP contribution in [0.25, 0.3) is 22.8 Å². The van der Waals surface area contributed by atoms with E-state index >= 15 is 0 Å². The summed E-state index contributed by atoms with van der Waals surface area (Å²) in [5, 5.41) is 21.0. The van der Waals surface area contributed by atoms with Crippen molar-refractivity contribution in [3.05, 3.63) is 81.3 Å². The van der Waals surface area contributed by atoms with Crippen molar-refractivity contribution < 1.29 is 18.2 Å². The Morgan fingerprint density at radius 2 is 1.86 bits per heavy atom. The summed E-state index contributed by atoms with van der Waals surface area (Å²) in [6.45, 7) is 0. The highest BCUT2D eigenvalue weighted by atomic mass is 35.5. The van der Waals surface area contributed by atoms with E-state index < -0.39 is 4.92 Å². The number of hydrogen-bond acceptors (Lipinski definition) is 7. The van der Waals surface area contributed by atoms with Crippen LogP contribution in [-0.2, 0) is 0 Å². The van der Waals surface area contributed by atoms with Gasteiger partial charge in [-0.3, -0.25) is 10.1 Å². The fourth-order valence-electron chi connectivity index (χ4n) is 2.72. The first-order chi connectivity index (χ1) is 14.1. The first-order valence-electron chi connectivity index (χ1n) is 8.21. The number of nitro groups is 1. The van der Waals surface area contributed by atoms with Crippen LogP contribution in [0.4, 0.5) is 11.6 Å². The average Bonchev–Trinajstić information content (AvgIpc) is 3.46. The fourth-order valence-corrected chi connectivity index (χ4v) is 2.89. The summed E-state index contributed by atoms with van der Waals surface area (Å²) in [4.78, 5) is 14.7. The van der Waals surface area contributed by atoms with Gasteiger partial charge in [0.05, 0.1) is 23.0 Å². The molecule has 1 aromatic carbocycles. The van der Waals surface area contributed by atoms with Crippen LogP contribution in [-0.4, -0.2) is 11.1 Å². The molecule has 4 rings (SSSR count). The monoisotopic (exact) mass is 407 g/mol. The number of nitrogens with zero attached hydrogens (tertiary/aromatic N) is 3. The van der Waals surface area contributed by atoms with Crippen LogP contribution < -0.4 is 0 Å². The second kappa shape index (κ2) is 7.50. The number of nitro benzene ring substituents is 1. The Hall–Kier alpha value is -4.09. The minimum atomic E-state index is -0.536. The number of furan rings is 3. The topological polar surface area (TPSA) is 119 Å². The minimum Gasteiger partial charge on any atom is -0.464 e. The van der Waals surface area contributed by atoms with Gasteiger partial charge in [-0.15, -0.1) is 0 Å². The van der Waals surface area contributed by atoms with Crippen LogP contribution in [0.5, 0.6) is 0 Å². The Kier molecular flexibility index (Phi) is 4.73. The highest BCUT2D eigenvalue weighted by Crippen LogP contribution is 2.42. The first-order valence-corrected chi connectivity index (χ1v) is 8.59. The Morgan fingerprint density at radius 3 is 2.48 bits per heavy atom. The van der Waals surface area contributed by atoms with Crippen LogP contribution in [0.2, 0.25) is 5.02 Å². The number of hydrogen-bond donors (Lipinski definition) is 0. The lowest BCUT2D eigenvalue weighted by atomic mass is 10.1. The maximum atomic E-state index is 11.0. The van der Waals surface area contributed by atoms with E-state index in [0.29, 0.717) is 22.6 Å². The van der Waals surface area contributed by atoms with E-state index in [9.17, 15) is 15.4 Å². The van der Waals surface area contributed by atoms with Gasteiger partial charge >= 0.3 is 0 Å². The second-order valence-electron chi connectivity index (χ2n) is 5.77. The van der Waals surface area contributed by atoms with E-state index in [2.05, 4.69) is 11.1 Å². The molecule has 0 spiro atoms. The van der Waals surface area contributed by atoms with Crippen molar-refractivity contribution in [1.82, 2.24) is 0 Å². The Bertz CT molecular complexity index is 1250. The zero-order valence-electron chi connectivity index (χ0n) is 14.5. The third kappa shape index (κ3) is 3.42. The average molecular weight is 408 g/mol. The molecule has 0 aliphatic rings. The van der Waals surface area contributed by atoms with Crippen LogP contribution in [0.3, 0.4) is 0 Å². The Morgan fingerprint density at radius 1 is 1.14 bits per heavy atom. The van der Waals surface area contributed by atoms with E-state index in [1.807, 2.05) is 0 Å². The zero-order chi connectivity index (χ0) is 20.4. The predicted octanol–water partition coefficient (Wildman–Crippen LogP) is 5.98. The molecule has 0 bridgehead atoms. The molecule has 8 nitrogen and oxygen atoms in total. The molecule has 3 heterocycles. The summed E-state index contributed by atoms with van der Waals surface area (Å²) in [6.07, 6.45) is 4.25. The molecule has 0 aliphatic heterocycles. The fraction of sp³-hybridized carbons (Fsp3) is 0. The molecule has 0 fully saturated rings. The van der Waals surface area contributed by atoms with Crippen LogP contribution in [0.1, 0.15) is 11.1 Å². The molecule has 9 heteroatoms. The third-order valence-electron chi connectivity index (χ3n) is 4.03. The molecule has 0 saturated carbocycles. The standard InChI is InChI=1S/C20H10ClN3O5/c21-15-6-5-13(24(25)26)9-12(15)11-23-20-14(10-22)18(16-3-1-7-27-16)19(29-20)17-4-2-8-28-17/h1-9,11H. The quantitative estimate of drug-likeness (QED) is 0.228. The lowest BCUT2D eigenvalue weighted by molar-refractivity contribution is -0.384. The molecule has 3 aromatic heterocycles. The van der Waals surface area contributed by atoms with E-state index in [0.717, 1.165) is 0 Å². The highest BCUT2D eigenvalue weighted by molar-refractivity contribution is 6.33. The Labute approximate surface area is 168 Å². The van der Waals surface area contributed by atoms with Gasteiger partial charge in [0.2, 0.25) is 5.88 Å². The predicted molar refractivity (Wildman–Crippen MR) is 104 cm³/mol. The van der Waals surface area contributed by atoms with Gasteiger partial charge in [-0.1, -0.05) is 11.6 Å². The van der Waals surface area contributed by atoms with Crippen molar-refractivity contribution >= 4 is 29.4 Å². The summed E-state index contributed by atoms with van der Waals surface area (Å²) in [5.74, 6) is 1.07. The molecule has 142 valence electrons. The first kappa shape index (κ1) is 18.3. The molecule has 0 atom stereocenters. The Balaban J connectivity index is 1.84. The number of non-ortho nitro benzene ring substituents is 1. The maximum absolute atomic E-state index is 11.0. The SMILES string of the molecule is N#Cc1c(N=Cc2cc([N+](=O)[O-])ccc2Cl)oc(-c2ccco2)c1-c1ccco1. The van der Waals surface area contributed by atoms with Crippen molar-refractivity contribution in [2.75, 3.05) is 0 Å². The highest BCUT2D eigenvalue weighted by Gasteiger charge is 2.26. The number of aliphatic imine (C=N–C) groups is 1. The van der Waals surface area contributed by atoms with E-state index in [1.165, 1.54) is 36.9 Å². The van der Waals surface area contributed by atoms with E-state index in [4.69, 9.17) is 24.9 Å². The molecule has 0 aliphatic carbocycles. The number of benzene rings is 1. The van der Waals surface area contributed by atoms with Gasteiger partial charge in [-0.2, -0.15) is 5.26 Å². The van der Waals surface area contributed by atoms with Gasteiger partial charge in [0, 0.05) is 28.9 Å². The third-order valence-corrected chi connectivity index (χ3v) is 4.37. The lowest BCUT2D eigenvalue weighted by Crippen LogP contribution is -1.90. The summed E-state index contributed by atoms with van der Waals surface area (Å²) in [7, 11) is 0. The lowest BCUT2D eigenvalue weighted by Gasteiger charge is -1.97. The van der Waals surface area contributed by atoms with Gasteiger partial charge in [0.25, 0.3) is 5.69 Å². The van der Waals surface area contributed by atoms with E-state index in [-0.39, 0.29) is 27.9 Å². The van der Waals surface area contributed by atoms with Crippen molar-refractivity contribution in [2.45, 2.75) is 0 Å². The zero-order valence-corrected chi connectivity index (χ0v) is 15.3. The second-order valence-corrected chi connectivity index (χ2v) is 6.18. The molecule has 0 radical (unpaired) electrons. The number of halogens is 1. The summed E-state index contributed by atoms with van der Waals surface area (Å²) < 4.78 is 16.6. The van der Waals surface area contributed by atoms with Crippen LogP contribution in [0.15, 0.2) is 73.2 Å². The molecule has 0 N–H and O–H groups in total. The van der Waals surface area contributed by atoms with Gasteiger partial charge in [0.1, 0.15) is 17.4 Å². The molecule has 0 unspecified atom stereocenters. The largest absolute Gasteiger partial charge is 0.464 e. The van der Waals surface area contributed by atoms with Gasteiger partial charge < -0.3 is 13.3 Å². The van der Waals surface area contributed by atoms with Crippen molar-refractivity contribution in [1.29, 1.82) is 5.26 Å². The molecule has 0 saturated heterocycles. The van der Waals surface area contributed by atoms with Crippen LogP contribution >= 0.6 is 11.6 Å². The van der Waals surface area contributed by atoms with Gasteiger partial charge in [-0.05, 0) is 30.3 Å². The maximum Gasteiger partial charge on any atom is 0.270 e. The number of nitriles is 1. The molecular formula is C20H10ClN3O5.